The lowest BCUT2D eigenvalue weighted by atomic mass is 10.1. The molecule has 0 amide bonds. The van der Waals surface area contributed by atoms with E-state index in [1.54, 1.807) is 0 Å². The van der Waals surface area contributed by atoms with Crippen LogP contribution in [0.1, 0.15) is 87.5 Å². The third kappa shape index (κ3) is 11.3. The van der Waals surface area contributed by atoms with Crippen molar-refractivity contribution >= 4 is 46.1 Å². The van der Waals surface area contributed by atoms with Crippen molar-refractivity contribution < 1.29 is 18.6 Å². The van der Waals surface area contributed by atoms with Gasteiger partial charge in [-0.25, -0.2) is 0 Å². The van der Waals surface area contributed by atoms with Crippen LogP contribution in [0.4, 0.5) is 0 Å². The van der Waals surface area contributed by atoms with E-state index >= 15 is 0 Å². The fraction of sp³-hybridized carbons (Fsp3) is 0.207. The van der Waals surface area contributed by atoms with Crippen LogP contribution in [0.2, 0.25) is 0 Å². The highest BCUT2D eigenvalue weighted by Crippen LogP contribution is 2.43. The second-order valence-electron chi connectivity index (χ2n) is 15.8. The van der Waals surface area contributed by atoms with Gasteiger partial charge in [0.05, 0.1) is 24.3 Å². The summed E-state index contributed by atoms with van der Waals surface area (Å²) in [6, 6.07) is 58.3. The maximum Gasteiger partial charge on any atom is 0.171 e. The van der Waals surface area contributed by atoms with Crippen LogP contribution in [0.25, 0.3) is 0 Å². The summed E-state index contributed by atoms with van der Waals surface area (Å²) in [5.41, 5.74) is 3.03. The van der Waals surface area contributed by atoms with Crippen LogP contribution in [0.3, 0.4) is 0 Å². The van der Waals surface area contributed by atoms with Gasteiger partial charge in [0, 0.05) is 55.1 Å². The van der Waals surface area contributed by atoms with E-state index in [9.17, 15) is 9.13 Å². The molecular formula is C58H56O4P2. The van der Waals surface area contributed by atoms with Gasteiger partial charge >= 0.3 is 0 Å². The molecule has 0 atom stereocenters. The highest BCUT2D eigenvalue weighted by Gasteiger charge is 2.30. The van der Waals surface area contributed by atoms with Gasteiger partial charge in [-0.2, -0.15) is 0 Å². The molecule has 0 aliphatic rings. The van der Waals surface area contributed by atoms with E-state index in [2.05, 4.69) is 37.5 Å². The second-order valence-corrected chi connectivity index (χ2v) is 21.4. The van der Waals surface area contributed by atoms with Gasteiger partial charge in [0.15, 0.2) is 14.3 Å². The van der Waals surface area contributed by atoms with Gasteiger partial charge in [-0.05, 0) is 61.4 Å². The first kappa shape index (κ1) is 45.7. The van der Waals surface area contributed by atoms with Crippen molar-refractivity contribution in [2.75, 3.05) is 13.2 Å². The molecule has 0 spiro atoms. The van der Waals surface area contributed by atoms with E-state index in [1.807, 2.05) is 182 Å². The SMILES string of the molecule is CCCCCCOc1cc(C#Cc2ccc(P(=O)(c3ccccc3)c3ccccc3)cc2)c(OCCCCCC)cc1C#Cc1ccc(P(=O)(c2ccccc2)c2ccccc2)cc1. The molecule has 0 fully saturated rings. The third-order valence-electron chi connectivity index (χ3n) is 11.2. The van der Waals surface area contributed by atoms with Crippen LogP contribution < -0.4 is 41.3 Å². The first-order chi connectivity index (χ1) is 31.4. The average molecular weight is 879 g/mol. The molecule has 0 N–H and O–H groups in total. The van der Waals surface area contributed by atoms with Crippen LogP contribution in [0.5, 0.6) is 11.5 Å². The van der Waals surface area contributed by atoms with Gasteiger partial charge in [-0.1, -0.05) is 197 Å². The van der Waals surface area contributed by atoms with Crippen molar-refractivity contribution in [2.45, 2.75) is 65.2 Å². The van der Waals surface area contributed by atoms with Gasteiger partial charge in [-0.3, -0.25) is 0 Å². The lowest BCUT2D eigenvalue weighted by molar-refractivity contribution is 0.295. The van der Waals surface area contributed by atoms with Crippen LogP contribution in [-0.2, 0) is 9.13 Å². The molecule has 7 rings (SSSR count). The minimum absolute atomic E-state index is 0.562. The molecule has 0 aliphatic heterocycles. The number of hydrogen-bond donors (Lipinski definition) is 0. The number of ether oxygens (including phenoxy) is 2. The Morgan fingerprint density at radius 1 is 0.359 bits per heavy atom. The molecule has 0 unspecified atom stereocenters. The van der Waals surface area contributed by atoms with Gasteiger partial charge in [0.1, 0.15) is 11.5 Å². The fourth-order valence-corrected chi connectivity index (χ4v) is 12.9. The van der Waals surface area contributed by atoms with Crippen LogP contribution in [-0.4, -0.2) is 13.2 Å². The minimum atomic E-state index is -3.11. The first-order valence-electron chi connectivity index (χ1n) is 22.5. The van der Waals surface area contributed by atoms with Crippen molar-refractivity contribution in [3.05, 3.63) is 204 Å². The normalized spacial score (nSPS) is 11.2. The summed E-state index contributed by atoms with van der Waals surface area (Å²) in [6.45, 7) is 5.53. The number of unbranched alkanes of at least 4 members (excludes halogenated alkanes) is 6. The molecule has 0 aliphatic carbocycles. The maximum absolute atomic E-state index is 15.0. The van der Waals surface area contributed by atoms with Crippen molar-refractivity contribution in [3.63, 3.8) is 0 Å². The van der Waals surface area contributed by atoms with Crippen molar-refractivity contribution in [1.82, 2.24) is 0 Å². The molecule has 0 saturated heterocycles. The smallest absolute Gasteiger partial charge is 0.171 e. The van der Waals surface area contributed by atoms with Crippen molar-refractivity contribution in [3.8, 4) is 35.2 Å². The summed E-state index contributed by atoms with van der Waals surface area (Å²) < 4.78 is 42.9. The molecule has 0 radical (unpaired) electrons. The number of hydrogen-bond acceptors (Lipinski definition) is 4. The first-order valence-corrected chi connectivity index (χ1v) is 26.0. The highest BCUT2D eigenvalue weighted by atomic mass is 31.2. The van der Waals surface area contributed by atoms with Crippen LogP contribution in [0, 0.1) is 23.7 Å². The molecule has 6 heteroatoms. The molecule has 7 aromatic carbocycles. The van der Waals surface area contributed by atoms with Crippen molar-refractivity contribution in [1.29, 1.82) is 0 Å². The quantitative estimate of drug-likeness (QED) is 0.0490. The predicted octanol–water partition coefficient (Wildman–Crippen LogP) is 11.7. The number of benzene rings is 7. The Labute approximate surface area is 380 Å². The standard InChI is InChI=1S/C58H56O4P2/c1-3-5-7-21-43-61-57-45-50(38-32-48-35-41-56(42-36-48)64(60,53-27-17-11-18-28-53)54-29-19-12-20-30-54)58(62-44-22-8-6-4-2)46-49(57)37-31-47-33-39-55(40-34-47)63(59,51-23-13-9-14-24-51)52-25-15-10-16-26-52/h9-20,23-30,33-36,39-42,45-46H,3-8,21-22,43-44H2,1-2H3. The molecule has 322 valence electrons. The zero-order valence-electron chi connectivity index (χ0n) is 36.9. The van der Waals surface area contributed by atoms with Crippen LogP contribution in [0.15, 0.2) is 182 Å². The Balaban J connectivity index is 1.22. The Bertz CT molecular complexity index is 2500. The zero-order valence-corrected chi connectivity index (χ0v) is 38.7. The monoisotopic (exact) mass is 878 g/mol. The van der Waals surface area contributed by atoms with E-state index in [-0.39, 0.29) is 0 Å². The highest BCUT2D eigenvalue weighted by molar-refractivity contribution is 7.85. The summed E-state index contributed by atoms with van der Waals surface area (Å²) in [4.78, 5) is 0. The topological polar surface area (TPSA) is 52.6 Å². The lowest BCUT2D eigenvalue weighted by Gasteiger charge is -2.20. The van der Waals surface area contributed by atoms with E-state index in [0.717, 1.165) is 105 Å². The summed E-state index contributed by atoms with van der Waals surface area (Å²) in [5, 5.41) is 4.68. The predicted molar refractivity (Wildman–Crippen MR) is 269 cm³/mol. The summed E-state index contributed by atoms with van der Waals surface area (Å²) in [7, 11) is -6.22. The molecule has 0 saturated carbocycles. The Morgan fingerprint density at radius 3 is 0.953 bits per heavy atom. The van der Waals surface area contributed by atoms with E-state index in [1.165, 1.54) is 0 Å². The fourth-order valence-electron chi connectivity index (χ4n) is 7.65. The lowest BCUT2D eigenvalue weighted by Crippen LogP contribution is -2.24. The molecule has 0 aromatic heterocycles. The number of rotatable bonds is 18. The van der Waals surface area contributed by atoms with Gasteiger partial charge in [0.25, 0.3) is 0 Å². The van der Waals surface area contributed by atoms with Gasteiger partial charge < -0.3 is 18.6 Å². The van der Waals surface area contributed by atoms with Crippen LogP contribution >= 0.6 is 14.3 Å². The largest absolute Gasteiger partial charge is 0.492 e. The Hall–Kier alpha value is -6.28. The summed E-state index contributed by atoms with van der Waals surface area (Å²) in [6.07, 6.45) is 8.63. The average Bonchev–Trinajstić information content (AvgIpc) is 3.36. The molecule has 4 nitrogen and oxygen atoms in total. The van der Waals surface area contributed by atoms with Gasteiger partial charge in [-0.15, -0.1) is 0 Å². The molecule has 7 aromatic rings. The molecule has 64 heavy (non-hydrogen) atoms. The minimum Gasteiger partial charge on any atom is -0.492 e. The van der Waals surface area contributed by atoms with E-state index in [0.29, 0.717) is 24.7 Å². The van der Waals surface area contributed by atoms with Gasteiger partial charge in [0.2, 0.25) is 0 Å². The molecule has 0 bridgehead atoms. The summed E-state index contributed by atoms with van der Waals surface area (Å²) in [5.74, 6) is 14.8. The Kier molecular flexibility index (Phi) is 16.4. The maximum atomic E-state index is 15.0. The zero-order chi connectivity index (χ0) is 44.5. The third-order valence-corrected chi connectivity index (χ3v) is 17.4. The van der Waals surface area contributed by atoms with E-state index in [4.69, 9.17) is 9.47 Å². The molecule has 0 heterocycles. The molecular weight excluding hydrogens is 823 g/mol. The Morgan fingerprint density at radius 2 is 0.656 bits per heavy atom. The van der Waals surface area contributed by atoms with E-state index < -0.39 is 14.3 Å². The van der Waals surface area contributed by atoms with Crippen molar-refractivity contribution in [2.24, 2.45) is 0 Å². The second kappa shape index (κ2) is 22.9. The summed E-state index contributed by atoms with van der Waals surface area (Å²) >= 11 is 0.